The van der Waals surface area contributed by atoms with Crippen LogP contribution in [0.2, 0.25) is 0 Å². The third-order valence-corrected chi connectivity index (χ3v) is 1.94. The maximum Gasteiger partial charge on any atom is 0.339 e. The Kier molecular flexibility index (Phi) is 2.03. The molecule has 6 heteroatoms. The van der Waals surface area contributed by atoms with Gasteiger partial charge in [-0.25, -0.2) is 4.99 Å². The van der Waals surface area contributed by atoms with Gasteiger partial charge in [-0.15, -0.1) is 0 Å². The van der Waals surface area contributed by atoms with Crippen LogP contribution in [-0.4, -0.2) is 17.5 Å². The van der Waals surface area contributed by atoms with Gasteiger partial charge in [-0.05, 0) is 17.5 Å². The molecule has 0 atom stereocenters. The minimum absolute atomic E-state index is 0.000556. The van der Waals surface area contributed by atoms with Crippen LogP contribution in [-0.2, 0) is 0 Å². The Morgan fingerprint density at radius 1 is 1.79 bits per heavy atom. The van der Waals surface area contributed by atoms with E-state index in [1.807, 2.05) is 0 Å². The topological polar surface area (TPSA) is 82.4 Å². The molecule has 0 spiro atoms. The molecule has 1 aromatic heterocycles. The standard InChI is InChI=1S/C8H9N3O3/c1-5(13)9-8-7(4-12)11(10-14-8)6-2-3-6/h4,6H,2-3H2,1H3. The number of nitrogens with zero attached hydrogens (tertiary/aromatic N) is 3. The number of rotatable bonds is 3. The Morgan fingerprint density at radius 3 is 3.00 bits per heavy atom. The van der Waals surface area contributed by atoms with Crippen LogP contribution in [0.3, 0.4) is 0 Å². The van der Waals surface area contributed by atoms with Crippen LogP contribution >= 0.6 is 0 Å². The predicted octanol–water partition coefficient (Wildman–Crippen LogP) is -0.480. The van der Waals surface area contributed by atoms with Crippen molar-refractivity contribution in [2.24, 2.45) is 4.99 Å². The Morgan fingerprint density at radius 2 is 2.50 bits per heavy atom. The molecule has 0 aromatic carbocycles. The van der Waals surface area contributed by atoms with Crippen LogP contribution in [0.25, 0.3) is 0 Å². The first-order chi connectivity index (χ1) is 6.72. The van der Waals surface area contributed by atoms with Crippen molar-refractivity contribution in [3.05, 3.63) is 5.69 Å². The molecule has 0 radical (unpaired) electrons. The van der Waals surface area contributed by atoms with Gasteiger partial charge in [-0.1, -0.05) is 0 Å². The van der Waals surface area contributed by atoms with Crippen LogP contribution in [0.5, 0.6) is 0 Å². The highest BCUT2D eigenvalue weighted by atomic mass is 16.5. The molecule has 74 valence electrons. The number of aromatic nitrogens is 2. The molecule has 14 heavy (non-hydrogen) atoms. The molecule has 0 aliphatic heterocycles. The zero-order chi connectivity index (χ0) is 10.1. The summed E-state index contributed by atoms with van der Waals surface area (Å²) in [5.74, 6) is -0.411. The van der Waals surface area contributed by atoms with Gasteiger partial charge in [0.25, 0.3) is 0 Å². The van der Waals surface area contributed by atoms with Gasteiger partial charge in [0.15, 0.2) is 6.04 Å². The monoisotopic (exact) mass is 195 g/mol. The van der Waals surface area contributed by atoms with E-state index < -0.39 is 5.90 Å². The fourth-order valence-corrected chi connectivity index (χ4v) is 1.18. The second kappa shape index (κ2) is 3.21. The van der Waals surface area contributed by atoms with Crippen molar-refractivity contribution in [2.45, 2.75) is 25.8 Å². The van der Waals surface area contributed by atoms with Crippen LogP contribution in [0.4, 0.5) is 5.88 Å². The number of aliphatic imine (C=N–C) groups is 1. The zero-order valence-electron chi connectivity index (χ0n) is 7.64. The van der Waals surface area contributed by atoms with Gasteiger partial charge >= 0.3 is 11.6 Å². The van der Waals surface area contributed by atoms with E-state index in [9.17, 15) is 9.90 Å². The van der Waals surface area contributed by atoms with Gasteiger partial charge in [0.05, 0.1) is 0 Å². The largest absolute Gasteiger partial charge is 0.862 e. The summed E-state index contributed by atoms with van der Waals surface area (Å²) in [4.78, 5) is 14.3. The van der Waals surface area contributed by atoms with Crippen molar-refractivity contribution in [3.8, 4) is 0 Å². The maximum atomic E-state index is 10.7. The van der Waals surface area contributed by atoms with E-state index in [0.717, 1.165) is 12.8 Å². The lowest BCUT2D eigenvalue weighted by Gasteiger charge is -1.96. The first kappa shape index (κ1) is 8.86. The summed E-state index contributed by atoms with van der Waals surface area (Å²) < 4.78 is 6.27. The summed E-state index contributed by atoms with van der Waals surface area (Å²) >= 11 is 0. The van der Waals surface area contributed by atoms with Gasteiger partial charge in [-0.2, -0.15) is 0 Å². The summed E-state index contributed by atoms with van der Waals surface area (Å²) in [5, 5.41) is 14.4. The van der Waals surface area contributed by atoms with Gasteiger partial charge in [0.1, 0.15) is 0 Å². The highest BCUT2D eigenvalue weighted by Crippen LogP contribution is 2.30. The normalized spacial score (nSPS) is 17.1. The highest BCUT2D eigenvalue weighted by molar-refractivity contribution is 5.79. The van der Waals surface area contributed by atoms with E-state index in [-0.39, 0.29) is 17.6 Å². The van der Waals surface area contributed by atoms with E-state index in [4.69, 9.17) is 4.52 Å². The molecule has 6 nitrogen and oxygen atoms in total. The van der Waals surface area contributed by atoms with Crippen LogP contribution in [0.15, 0.2) is 9.52 Å². The summed E-state index contributed by atoms with van der Waals surface area (Å²) in [6, 6.07) is 0.231. The SMILES string of the molecule is C/C([O-])=N\c1on[n+](C2CC2)c1C=O. The third kappa shape index (κ3) is 1.50. The van der Waals surface area contributed by atoms with Crippen molar-refractivity contribution in [2.75, 3.05) is 0 Å². The molecule has 0 unspecified atom stereocenters. The Balaban J connectivity index is 2.40. The molecular weight excluding hydrogens is 186 g/mol. The van der Waals surface area contributed by atoms with Crippen molar-refractivity contribution >= 4 is 18.1 Å². The molecule has 1 heterocycles. The molecule has 0 N–H and O–H groups in total. The average molecular weight is 195 g/mol. The minimum atomic E-state index is -0.410. The molecule has 0 saturated heterocycles. The minimum Gasteiger partial charge on any atom is -0.862 e. The summed E-state index contributed by atoms with van der Waals surface area (Å²) in [6.45, 7) is 1.29. The van der Waals surface area contributed by atoms with E-state index in [0.29, 0.717) is 6.29 Å². The van der Waals surface area contributed by atoms with E-state index in [1.54, 1.807) is 0 Å². The quantitative estimate of drug-likeness (QED) is 0.282. The third-order valence-electron chi connectivity index (χ3n) is 1.94. The fourth-order valence-electron chi connectivity index (χ4n) is 1.18. The lowest BCUT2D eigenvalue weighted by Crippen LogP contribution is -2.37. The number of aldehydes is 1. The fraction of sp³-hybridized carbons (Fsp3) is 0.500. The molecule has 1 saturated carbocycles. The molecular formula is C8H9N3O3. The maximum absolute atomic E-state index is 10.7. The Hall–Kier alpha value is -1.72. The van der Waals surface area contributed by atoms with Crippen LogP contribution < -0.4 is 9.79 Å². The summed E-state index contributed by atoms with van der Waals surface area (Å²) in [5.41, 5.74) is 0.239. The molecule has 2 rings (SSSR count). The van der Waals surface area contributed by atoms with E-state index >= 15 is 0 Å². The first-order valence-corrected chi connectivity index (χ1v) is 4.31. The number of carbonyl (C=O) groups is 1. The predicted molar refractivity (Wildman–Crippen MR) is 43.1 cm³/mol. The van der Waals surface area contributed by atoms with Crippen molar-refractivity contribution in [1.29, 1.82) is 0 Å². The van der Waals surface area contributed by atoms with Gasteiger partial charge < -0.3 is 5.11 Å². The molecule has 0 amide bonds. The average Bonchev–Trinajstić information content (AvgIpc) is 2.88. The lowest BCUT2D eigenvalue weighted by atomic mass is 10.4. The van der Waals surface area contributed by atoms with Gasteiger partial charge in [0, 0.05) is 12.8 Å². The first-order valence-electron chi connectivity index (χ1n) is 4.31. The van der Waals surface area contributed by atoms with Crippen LogP contribution in [0, 0.1) is 0 Å². The highest BCUT2D eigenvalue weighted by Gasteiger charge is 2.40. The Bertz CT molecular complexity index is 389. The molecule has 0 bridgehead atoms. The van der Waals surface area contributed by atoms with Crippen molar-refractivity contribution in [3.63, 3.8) is 0 Å². The number of hydrogen-bond acceptors (Lipinski definition) is 5. The molecule has 1 aromatic rings. The number of carbonyl (C=O) groups excluding carboxylic acids is 1. The Labute approximate surface area is 79.8 Å². The second-order valence-electron chi connectivity index (χ2n) is 3.19. The van der Waals surface area contributed by atoms with Gasteiger partial charge in [-0.3, -0.25) is 9.32 Å². The van der Waals surface area contributed by atoms with E-state index in [2.05, 4.69) is 10.3 Å². The number of hydrogen-bond donors (Lipinski definition) is 0. The molecule has 1 aliphatic rings. The molecule has 1 aliphatic carbocycles. The van der Waals surface area contributed by atoms with Gasteiger partial charge in [0.2, 0.25) is 11.6 Å². The van der Waals surface area contributed by atoms with Crippen molar-refractivity contribution < 1.29 is 19.1 Å². The zero-order valence-corrected chi connectivity index (χ0v) is 7.64. The lowest BCUT2D eigenvalue weighted by molar-refractivity contribution is -0.766. The van der Waals surface area contributed by atoms with E-state index in [1.165, 1.54) is 11.6 Å². The van der Waals surface area contributed by atoms with Crippen LogP contribution in [0.1, 0.15) is 36.3 Å². The summed E-state index contributed by atoms with van der Waals surface area (Å²) in [7, 11) is 0. The second-order valence-corrected chi connectivity index (χ2v) is 3.19. The summed E-state index contributed by atoms with van der Waals surface area (Å²) in [6.07, 6.45) is 2.58. The molecule has 1 fully saturated rings. The smallest absolute Gasteiger partial charge is 0.339 e. The van der Waals surface area contributed by atoms with Crippen molar-refractivity contribution in [1.82, 2.24) is 5.27 Å².